The van der Waals surface area contributed by atoms with Gasteiger partial charge in [-0.25, -0.2) is 0 Å². The molecule has 2 aromatic rings. The van der Waals surface area contributed by atoms with Crippen LogP contribution in [0.4, 0.5) is 0 Å². The minimum atomic E-state index is -0.293. The number of aliphatic hydroxyl groups is 1. The van der Waals surface area contributed by atoms with Gasteiger partial charge >= 0.3 is 0 Å². The second-order valence-electron chi connectivity index (χ2n) is 6.12. The molecule has 0 saturated carbocycles. The molecule has 3 rings (SSSR count). The summed E-state index contributed by atoms with van der Waals surface area (Å²) >= 11 is 0. The van der Waals surface area contributed by atoms with Crippen LogP contribution >= 0.6 is 0 Å². The van der Waals surface area contributed by atoms with Crippen molar-refractivity contribution in [3.8, 4) is 0 Å². The van der Waals surface area contributed by atoms with Crippen LogP contribution in [0.25, 0.3) is 11.3 Å². The standard InChI is InChI=1S/C19H18O2/c1-19(2)12-16(20)17(13-8-4-3-5-9-13)18(21)14-10-6-7-11-15(14)19/h3-11,21H,12H2,1-2H3. The molecule has 0 unspecified atom stereocenters. The molecule has 0 spiro atoms. The normalized spacial score (nSPS) is 17.3. The van der Waals surface area contributed by atoms with E-state index >= 15 is 0 Å². The first kappa shape index (κ1) is 13.6. The molecule has 0 aliphatic heterocycles. The Bertz CT molecular complexity index is 724. The van der Waals surface area contributed by atoms with Crippen molar-refractivity contribution < 1.29 is 9.90 Å². The van der Waals surface area contributed by atoms with Crippen molar-refractivity contribution in [3.05, 3.63) is 71.3 Å². The molecule has 2 heteroatoms. The maximum Gasteiger partial charge on any atom is 0.168 e. The van der Waals surface area contributed by atoms with E-state index < -0.39 is 0 Å². The van der Waals surface area contributed by atoms with Crippen LogP contribution in [-0.4, -0.2) is 10.9 Å². The average molecular weight is 278 g/mol. The van der Waals surface area contributed by atoms with Gasteiger partial charge in [0.25, 0.3) is 0 Å². The van der Waals surface area contributed by atoms with Crippen molar-refractivity contribution >= 4 is 17.1 Å². The zero-order valence-electron chi connectivity index (χ0n) is 12.3. The lowest BCUT2D eigenvalue weighted by atomic mass is 9.79. The molecular weight excluding hydrogens is 260 g/mol. The third-order valence-electron chi connectivity index (χ3n) is 4.09. The molecule has 1 aliphatic carbocycles. The van der Waals surface area contributed by atoms with E-state index in [-0.39, 0.29) is 17.0 Å². The Morgan fingerprint density at radius 3 is 2.29 bits per heavy atom. The monoisotopic (exact) mass is 278 g/mol. The number of aliphatic hydroxyl groups excluding tert-OH is 1. The number of ketones is 1. The summed E-state index contributed by atoms with van der Waals surface area (Å²) in [7, 11) is 0. The van der Waals surface area contributed by atoms with Crippen LogP contribution in [0.3, 0.4) is 0 Å². The maximum absolute atomic E-state index is 12.7. The van der Waals surface area contributed by atoms with Crippen LogP contribution in [0, 0.1) is 0 Å². The van der Waals surface area contributed by atoms with Crippen LogP contribution in [0.5, 0.6) is 0 Å². The van der Waals surface area contributed by atoms with Gasteiger partial charge in [0, 0.05) is 12.0 Å². The number of carbonyl (C=O) groups excluding carboxylic acids is 1. The van der Waals surface area contributed by atoms with E-state index in [2.05, 4.69) is 0 Å². The molecule has 2 aromatic carbocycles. The molecular formula is C19H18O2. The smallest absolute Gasteiger partial charge is 0.168 e. The number of Topliss-reactive ketones (excluding diaryl/α,β-unsaturated/α-hetero) is 1. The fraction of sp³-hybridized carbons (Fsp3) is 0.211. The molecule has 0 radical (unpaired) electrons. The summed E-state index contributed by atoms with van der Waals surface area (Å²) in [5.41, 5.74) is 2.67. The zero-order chi connectivity index (χ0) is 15.0. The number of fused-ring (bicyclic) bond motifs is 1. The Morgan fingerprint density at radius 2 is 1.57 bits per heavy atom. The molecule has 0 atom stereocenters. The Kier molecular flexibility index (Phi) is 3.17. The minimum absolute atomic E-state index is 0.0140. The van der Waals surface area contributed by atoms with Gasteiger partial charge in [-0.3, -0.25) is 4.79 Å². The van der Waals surface area contributed by atoms with Crippen LogP contribution in [0.1, 0.15) is 37.0 Å². The minimum Gasteiger partial charge on any atom is -0.507 e. The lowest BCUT2D eigenvalue weighted by Gasteiger charge is -2.24. The molecule has 1 aliphatic rings. The first-order valence-electron chi connectivity index (χ1n) is 7.12. The van der Waals surface area contributed by atoms with Crippen LogP contribution < -0.4 is 0 Å². The van der Waals surface area contributed by atoms with Crippen molar-refractivity contribution in [3.63, 3.8) is 0 Å². The fourth-order valence-corrected chi connectivity index (χ4v) is 3.03. The van der Waals surface area contributed by atoms with Gasteiger partial charge in [-0.1, -0.05) is 68.4 Å². The highest BCUT2D eigenvalue weighted by Crippen LogP contribution is 2.40. The van der Waals surface area contributed by atoms with Gasteiger partial charge in [-0.2, -0.15) is 0 Å². The summed E-state index contributed by atoms with van der Waals surface area (Å²) in [6.45, 7) is 4.09. The fourth-order valence-electron chi connectivity index (χ4n) is 3.03. The van der Waals surface area contributed by atoms with Gasteiger partial charge in [0.05, 0.1) is 5.57 Å². The van der Waals surface area contributed by atoms with E-state index in [1.54, 1.807) is 0 Å². The molecule has 0 saturated heterocycles. The zero-order valence-corrected chi connectivity index (χ0v) is 12.3. The molecule has 0 fully saturated rings. The van der Waals surface area contributed by atoms with E-state index in [0.29, 0.717) is 12.0 Å². The Hall–Kier alpha value is -2.35. The number of hydrogen-bond acceptors (Lipinski definition) is 2. The van der Waals surface area contributed by atoms with Gasteiger partial charge < -0.3 is 5.11 Å². The topological polar surface area (TPSA) is 37.3 Å². The second kappa shape index (κ2) is 4.88. The van der Waals surface area contributed by atoms with Gasteiger partial charge in [0.15, 0.2) is 5.78 Å². The molecule has 2 nitrogen and oxygen atoms in total. The van der Waals surface area contributed by atoms with Gasteiger partial charge in [-0.15, -0.1) is 0 Å². The van der Waals surface area contributed by atoms with E-state index in [0.717, 1.165) is 16.7 Å². The third-order valence-corrected chi connectivity index (χ3v) is 4.09. The van der Waals surface area contributed by atoms with Gasteiger partial charge in [0.1, 0.15) is 5.76 Å². The second-order valence-corrected chi connectivity index (χ2v) is 6.12. The molecule has 106 valence electrons. The number of rotatable bonds is 1. The van der Waals surface area contributed by atoms with Gasteiger partial charge in [0.2, 0.25) is 0 Å². The third kappa shape index (κ3) is 2.27. The van der Waals surface area contributed by atoms with Crippen molar-refractivity contribution in [1.29, 1.82) is 0 Å². The van der Waals surface area contributed by atoms with E-state index in [9.17, 15) is 9.90 Å². The highest BCUT2D eigenvalue weighted by atomic mass is 16.3. The van der Waals surface area contributed by atoms with Gasteiger partial charge in [-0.05, 0) is 16.5 Å². The Morgan fingerprint density at radius 1 is 0.952 bits per heavy atom. The molecule has 0 bridgehead atoms. The quantitative estimate of drug-likeness (QED) is 0.841. The SMILES string of the molecule is CC1(C)CC(=O)C(c2ccccc2)=C(O)c2ccccc21. The number of allylic oxidation sites excluding steroid dienone is 1. The summed E-state index contributed by atoms with van der Waals surface area (Å²) in [5.74, 6) is 0.0762. The lowest BCUT2D eigenvalue weighted by molar-refractivity contribution is -0.114. The lowest BCUT2D eigenvalue weighted by Crippen LogP contribution is -2.21. The van der Waals surface area contributed by atoms with E-state index in [1.807, 2.05) is 68.4 Å². The highest BCUT2D eigenvalue weighted by Gasteiger charge is 2.34. The van der Waals surface area contributed by atoms with Crippen LogP contribution in [0.2, 0.25) is 0 Å². The summed E-state index contributed by atoms with van der Waals surface area (Å²) in [6, 6.07) is 17.1. The molecule has 0 aromatic heterocycles. The summed E-state index contributed by atoms with van der Waals surface area (Å²) in [6.07, 6.45) is 0.387. The van der Waals surface area contributed by atoms with Crippen molar-refractivity contribution in [2.75, 3.05) is 0 Å². The van der Waals surface area contributed by atoms with Crippen LogP contribution in [-0.2, 0) is 10.2 Å². The molecule has 0 heterocycles. The first-order chi connectivity index (χ1) is 10.0. The summed E-state index contributed by atoms with van der Waals surface area (Å²) < 4.78 is 0. The molecule has 1 N–H and O–H groups in total. The predicted molar refractivity (Wildman–Crippen MR) is 85.0 cm³/mol. The average Bonchev–Trinajstić information content (AvgIpc) is 2.54. The largest absolute Gasteiger partial charge is 0.507 e. The number of carbonyl (C=O) groups is 1. The van der Waals surface area contributed by atoms with Crippen LogP contribution in [0.15, 0.2) is 54.6 Å². The first-order valence-corrected chi connectivity index (χ1v) is 7.12. The number of benzene rings is 2. The highest BCUT2D eigenvalue weighted by molar-refractivity contribution is 6.27. The number of hydrogen-bond donors (Lipinski definition) is 1. The molecule has 0 amide bonds. The maximum atomic E-state index is 12.7. The van der Waals surface area contributed by atoms with Crippen molar-refractivity contribution in [2.24, 2.45) is 0 Å². The molecule has 21 heavy (non-hydrogen) atoms. The van der Waals surface area contributed by atoms with E-state index in [1.165, 1.54) is 0 Å². The summed E-state index contributed by atoms with van der Waals surface area (Å²) in [4.78, 5) is 12.7. The predicted octanol–water partition coefficient (Wildman–Crippen LogP) is 4.36. The van der Waals surface area contributed by atoms with E-state index in [4.69, 9.17) is 0 Å². The van der Waals surface area contributed by atoms with Crippen molar-refractivity contribution in [2.45, 2.75) is 25.7 Å². The Labute approximate surface area is 124 Å². The Balaban J connectivity index is 2.29. The van der Waals surface area contributed by atoms with Crippen molar-refractivity contribution in [1.82, 2.24) is 0 Å². The summed E-state index contributed by atoms with van der Waals surface area (Å²) in [5, 5.41) is 10.7.